The van der Waals surface area contributed by atoms with E-state index in [0.717, 1.165) is 25.0 Å². The van der Waals surface area contributed by atoms with E-state index in [1.165, 1.54) is 12.8 Å². The molecule has 1 aliphatic carbocycles. The summed E-state index contributed by atoms with van der Waals surface area (Å²) in [6.45, 7) is 3.09. The van der Waals surface area contributed by atoms with Gasteiger partial charge >= 0.3 is 0 Å². The first-order valence-corrected chi connectivity index (χ1v) is 6.54. The molecule has 0 radical (unpaired) electrons. The first-order valence-electron chi connectivity index (χ1n) is 6.54. The zero-order valence-electron chi connectivity index (χ0n) is 10.4. The highest BCUT2D eigenvalue weighted by molar-refractivity contribution is 5.25. The number of aromatic nitrogens is 1. The van der Waals surface area contributed by atoms with E-state index in [2.05, 4.69) is 11.9 Å². The van der Waals surface area contributed by atoms with E-state index in [4.69, 9.17) is 4.74 Å². The third kappa shape index (κ3) is 3.43. The highest BCUT2D eigenvalue weighted by Gasteiger charge is 2.31. The number of hydrogen-bond donors (Lipinski definition) is 1. The second-order valence-electron chi connectivity index (χ2n) is 4.76. The third-order valence-electron chi connectivity index (χ3n) is 3.32. The molecular formula is C14H21NO2. The summed E-state index contributed by atoms with van der Waals surface area (Å²) in [4.78, 5) is 4.20. The fourth-order valence-electron chi connectivity index (χ4n) is 2.08. The second-order valence-corrected chi connectivity index (χ2v) is 4.76. The molecule has 0 aromatic carbocycles. The van der Waals surface area contributed by atoms with E-state index in [0.29, 0.717) is 11.8 Å². The second kappa shape index (κ2) is 6.01. The highest BCUT2D eigenvalue weighted by Crippen LogP contribution is 2.42. The van der Waals surface area contributed by atoms with Crippen molar-refractivity contribution in [2.45, 2.75) is 38.5 Å². The molecule has 1 unspecified atom stereocenters. The van der Waals surface area contributed by atoms with Gasteiger partial charge in [0.05, 0.1) is 13.2 Å². The topological polar surface area (TPSA) is 42.4 Å². The smallest absolute Gasteiger partial charge is 0.213 e. The molecule has 3 heteroatoms. The lowest BCUT2D eigenvalue weighted by atomic mass is 9.96. The van der Waals surface area contributed by atoms with Gasteiger partial charge in [-0.2, -0.15) is 0 Å². The van der Waals surface area contributed by atoms with Gasteiger partial charge in [-0.05, 0) is 36.8 Å². The van der Waals surface area contributed by atoms with Crippen LogP contribution < -0.4 is 4.74 Å². The van der Waals surface area contributed by atoms with Gasteiger partial charge in [0, 0.05) is 18.2 Å². The molecule has 1 saturated carbocycles. The predicted molar refractivity (Wildman–Crippen MR) is 67.2 cm³/mol. The minimum Gasteiger partial charge on any atom is -0.478 e. The van der Waals surface area contributed by atoms with E-state index < -0.39 is 0 Å². The van der Waals surface area contributed by atoms with Crippen molar-refractivity contribution >= 4 is 0 Å². The van der Waals surface area contributed by atoms with Gasteiger partial charge in [0.15, 0.2) is 0 Å². The van der Waals surface area contributed by atoms with Crippen molar-refractivity contribution in [3.05, 3.63) is 23.9 Å². The van der Waals surface area contributed by atoms with Crippen molar-refractivity contribution in [2.24, 2.45) is 5.92 Å². The lowest BCUT2D eigenvalue weighted by Gasteiger charge is -2.14. The molecule has 94 valence electrons. The Morgan fingerprint density at radius 3 is 3.00 bits per heavy atom. The van der Waals surface area contributed by atoms with Crippen LogP contribution in [0.25, 0.3) is 0 Å². The summed E-state index contributed by atoms with van der Waals surface area (Å²) >= 11 is 0. The van der Waals surface area contributed by atoms with Crippen LogP contribution in [0.2, 0.25) is 0 Å². The van der Waals surface area contributed by atoms with Crippen LogP contribution >= 0.6 is 0 Å². The van der Waals surface area contributed by atoms with Crippen LogP contribution in [0.4, 0.5) is 0 Å². The molecule has 1 atom stereocenters. The van der Waals surface area contributed by atoms with Gasteiger partial charge in [-0.25, -0.2) is 4.98 Å². The fourth-order valence-corrected chi connectivity index (χ4v) is 2.08. The molecule has 1 aliphatic rings. The molecule has 0 amide bonds. The number of rotatable bonds is 7. The summed E-state index contributed by atoms with van der Waals surface area (Å²) in [6, 6.07) is 3.97. The maximum atomic E-state index is 9.43. The minimum absolute atomic E-state index is 0.225. The summed E-state index contributed by atoms with van der Waals surface area (Å²) in [5.74, 6) is 1.62. The molecule has 1 heterocycles. The Kier molecular flexibility index (Phi) is 4.37. The maximum Gasteiger partial charge on any atom is 0.213 e. The molecule has 0 saturated heterocycles. The van der Waals surface area contributed by atoms with E-state index in [1.54, 1.807) is 6.20 Å². The van der Waals surface area contributed by atoms with E-state index in [9.17, 15) is 5.11 Å². The Hall–Kier alpha value is -1.09. The van der Waals surface area contributed by atoms with Gasteiger partial charge < -0.3 is 9.84 Å². The van der Waals surface area contributed by atoms with Crippen molar-refractivity contribution in [3.8, 4) is 5.88 Å². The van der Waals surface area contributed by atoms with Crippen molar-refractivity contribution in [2.75, 3.05) is 13.2 Å². The number of pyridine rings is 1. The first kappa shape index (κ1) is 12.4. The Balaban J connectivity index is 1.99. The lowest BCUT2D eigenvalue weighted by Crippen LogP contribution is -2.07. The molecular weight excluding hydrogens is 214 g/mol. The van der Waals surface area contributed by atoms with Crippen LogP contribution in [-0.4, -0.2) is 23.3 Å². The summed E-state index contributed by atoms with van der Waals surface area (Å²) in [6.07, 6.45) is 6.43. The van der Waals surface area contributed by atoms with Gasteiger partial charge in [-0.1, -0.05) is 13.3 Å². The highest BCUT2D eigenvalue weighted by atomic mass is 16.5. The summed E-state index contributed by atoms with van der Waals surface area (Å²) in [5.41, 5.74) is 1.16. The standard InChI is InChI=1S/C14H21NO2/c1-2-3-8-17-14-9-12(6-7-15-14)13(10-16)11-4-5-11/h6-7,9,11,13,16H,2-5,8,10H2,1H3. The quantitative estimate of drug-likeness (QED) is 0.739. The van der Waals surface area contributed by atoms with Crippen LogP contribution in [0.3, 0.4) is 0 Å². The molecule has 0 spiro atoms. The summed E-state index contributed by atoms with van der Waals surface area (Å²) in [5, 5.41) is 9.43. The molecule has 0 aliphatic heterocycles. The Bertz CT molecular complexity index is 350. The number of ether oxygens (including phenoxy) is 1. The lowest BCUT2D eigenvalue weighted by molar-refractivity contribution is 0.252. The molecule has 1 aromatic rings. The molecule has 3 nitrogen and oxygen atoms in total. The Labute approximate surface area is 103 Å². The van der Waals surface area contributed by atoms with Gasteiger partial charge in [-0.3, -0.25) is 0 Å². The van der Waals surface area contributed by atoms with Crippen molar-refractivity contribution < 1.29 is 9.84 Å². The number of aliphatic hydroxyl groups excluding tert-OH is 1. The normalized spacial score (nSPS) is 16.8. The molecule has 1 N–H and O–H groups in total. The third-order valence-corrected chi connectivity index (χ3v) is 3.32. The Morgan fingerprint density at radius 2 is 2.35 bits per heavy atom. The predicted octanol–water partition coefficient (Wildman–Crippen LogP) is 2.75. The van der Waals surface area contributed by atoms with Crippen LogP contribution in [0.15, 0.2) is 18.3 Å². The summed E-state index contributed by atoms with van der Waals surface area (Å²) in [7, 11) is 0. The minimum atomic E-state index is 0.225. The average Bonchev–Trinajstić information content (AvgIpc) is 3.16. The molecule has 17 heavy (non-hydrogen) atoms. The van der Waals surface area contributed by atoms with Crippen LogP contribution in [-0.2, 0) is 0 Å². The van der Waals surface area contributed by atoms with Crippen molar-refractivity contribution in [1.29, 1.82) is 0 Å². The SMILES string of the molecule is CCCCOc1cc(C(CO)C2CC2)ccn1. The molecule has 1 fully saturated rings. The molecule has 2 rings (SSSR count). The average molecular weight is 235 g/mol. The molecule has 1 aromatic heterocycles. The van der Waals surface area contributed by atoms with Crippen molar-refractivity contribution in [3.63, 3.8) is 0 Å². The van der Waals surface area contributed by atoms with Crippen molar-refractivity contribution in [1.82, 2.24) is 4.98 Å². The first-order chi connectivity index (χ1) is 8.35. The zero-order valence-corrected chi connectivity index (χ0v) is 10.4. The van der Waals surface area contributed by atoms with Gasteiger partial charge in [-0.15, -0.1) is 0 Å². The van der Waals surface area contributed by atoms with E-state index in [-0.39, 0.29) is 12.5 Å². The van der Waals surface area contributed by atoms with Crippen LogP contribution in [0, 0.1) is 5.92 Å². The van der Waals surface area contributed by atoms with Crippen LogP contribution in [0.5, 0.6) is 5.88 Å². The van der Waals surface area contributed by atoms with E-state index in [1.807, 2.05) is 12.1 Å². The monoisotopic (exact) mass is 235 g/mol. The largest absolute Gasteiger partial charge is 0.478 e. The van der Waals surface area contributed by atoms with E-state index >= 15 is 0 Å². The van der Waals surface area contributed by atoms with Gasteiger partial charge in [0.2, 0.25) is 5.88 Å². The number of aliphatic hydroxyl groups is 1. The van der Waals surface area contributed by atoms with Crippen LogP contribution in [0.1, 0.15) is 44.1 Å². The molecule has 0 bridgehead atoms. The van der Waals surface area contributed by atoms with Gasteiger partial charge in [0.25, 0.3) is 0 Å². The maximum absolute atomic E-state index is 9.43. The number of unbranched alkanes of at least 4 members (excludes halogenated alkanes) is 1. The summed E-state index contributed by atoms with van der Waals surface area (Å²) < 4.78 is 5.59. The zero-order chi connectivity index (χ0) is 12.1. The number of nitrogens with zero attached hydrogens (tertiary/aromatic N) is 1. The fraction of sp³-hybridized carbons (Fsp3) is 0.643. The number of hydrogen-bond acceptors (Lipinski definition) is 3. The van der Waals surface area contributed by atoms with Gasteiger partial charge in [0.1, 0.15) is 0 Å². The Morgan fingerprint density at radius 1 is 1.53 bits per heavy atom.